The van der Waals surface area contributed by atoms with Gasteiger partial charge in [0.05, 0.1) is 11.6 Å². The lowest BCUT2D eigenvalue weighted by molar-refractivity contribution is -0.402. The van der Waals surface area contributed by atoms with Crippen LogP contribution in [0.2, 0.25) is 0 Å². The van der Waals surface area contributed by atoms with Crippen LogP contribution in [-0.2, 0) is 6.18 Å². The van der Waals surface area contributed by atoms with E-state index in [0.29, 0.717) is 25.2 Å². The normalized spacial score (nSPS) is 17.3. The molecule has 1 saturated heterocycles. The molecule has 0 radical (unpaired) electrons. The minimum Gasteiger partial charge on any atom is -0.395 e. The molecule has 1 fully saturated rings. The molecule has 2 aromatic rings. The lowest BCUT2D eigenvalue weighted by Gasteiger charge is -2.19. The van der Waals surface area contributed by atoms with E-state index in [1.165, 1.54) is 18.2 Å². The van der Waals surface area contributed by atoms with Crippen molar-refractivity contribution in [3.8, 4) is 0 Å². The number of hydrogen-bond acceptors (Lipinski definition) is 5. The zero-order valence-corrected chi connectivity index (χ0v) is 13.3. The molecule has 0 aliphatic carbocycles. The summed E-state index contributed by atoms with van der Waals surface area (Å²) in [6.07, 6.45) is -3.79. The van der Waals surface area contributed by atoms with E-state index >= 15 is 0 Å². The second kappa shape index (κ2) is 6.70. The Morgan fingerprint density at radius 2 is 1.92 bits per heavy atom. The van der Waals surface area contributed by atoms with Gasteiger partial charge < -0.3 is 14.6 Å². The van der Waals surface area contributed by atoms with Crippen molar-refractivity contribution in [3.05, 3.63) is 57.8 Å². The highest BCUT2D eigenvalue weighted by Crippen LogP contribution is 2.31. The van der Waals surface area contributed by atoms with Crippen LogP contribution in [0.5, 0.6) is 0 Å². The van der Waals surface area contributed by atoms with E-state index in [1.807, 2.05) is 4.90 Å². The molecule has 138 valence electrons. The van der Waals surface area contributed by atoms with E-state index in [-0.39, 0.29) is 11.8 Å². The number of halogens is 3. The van der Waals surface area contributed by atoms with Crippen LogP contribution in [-0.4, -0.2) is 30.0 Å². The Morgan fingerprint density at radius 3 is 2.50 bits per heavy atom. The monoisotopic (exact) mass is 369 g/mol. The molecule has 0 spiro atoms. The summed E-state index contributed by atoms with van der Waals surface area (Å²) in [5, 5.41) is 13.3. The van der Waals surface area contributed by atoms with E-state index in [4.69, 9.17) is 4.42 Å². The van der Waals surface area contributed by atoms with Crippen molar-refractivity contribution in [1.29, 1.82) is 0 Å². The summed E-state index contributed by atoms with van der Waals surface area (Å²) in [7, 11) is 0. The van der Waals surface area contributed by atoms with E-state index in [2.05, 4.69) is 5.32 Å². The van der Waals surface area contributed by atoms with Crippen LogP contribution >= 0.6 is 0 Å². The molecule has 2 heterocycles. The Morgan fingerprint density at radius 1 is 1.23 bits per heavy atom. The molecule has 3 rings (SSSR count). The number of anilines is 1. The number of carbonyl (C=O) groups excluding carboxylic acids is 1. The standard InChI is InChI=1S/C16H14F3N3O4/c17-16(18,19)10-1-3-12(4-2-10)21-8-7-11(9-21)20-15(23)13-5-6-14(26-13)22(24)25/h1-6,11H,7-9H2,(H,20,23)/t11-/m1/s1. The Labute approximate surface area is 145 Å². The van der Waals surface area contributed by atoms with Gasteiger partial charge in [0.2, 0.25) is 0 Å². The van der Waals surface area contributed by atoms with Crippen LogP contribution < -0.4 is 10.2 Å². The summed E-state index contributed by atoms with van der Waals surface area (Å²) in [6.45, 7) is 0.981. The average molecular weight is 369 g/mol. The lowest BCUT2D eigenvalue weighted by Crippen LogP contribution is -2.36. The van der Waals surface area contributed by atoms with Gasteiger partial charge in [-0.3, -0.25) is 14.9 Å². The number of benzene rings is 1. The molecule has 1 aliphatic rings. The van der Waals surface area contributed by atoms with Crippen LogP contribution in [0, 0.1) is 10.1 Å². The van der Waals surface area contributed by atoms with Crippen molar-refractivity contribution < 1.29 is 27.3 Å². The van der Waals surface area contributed by atoms with Crippen molar-refractivity contribution in [1.82, 2.24) is 5.32 Å². The Hall–Kier alpha value is -3.04. The van der Waals surface area contributed by atoms with Gasteiger partial charge in [0.1, 0.15) is 4.92 Å². The predicted octanol–water partition coefficient (Wildman–Crippen LogP) is 3.22. The first-order valence-electron chi connectivity index (χ1n) is 7.71. The summed E-state index contributed by atoms with van der Waals surface area (Å²) in [5.74, 6) is -1.25. The molecule has 1 aromatic heterocycles. The van der Waals surface area contributed by atoms with E-state index in [0.717, 1.165) is 18.2 Å². The largest absolute Gasteiger partial charge is 0.433 e. The first-order valence-corrected chi connectivity index (χ1v) is 7.71. The number of nitrogens with zero attached hydrogens (tertiary/aromatic N) is 2. The molecule has 1 N–H and O–H groups in total. The highest BCUT2D eigenvalue weighted by molar-refractivity contribution is 5.92. The van der Waals surface area contributed by atoms with Crippen LogP contribution in [0.1, 0.15) is 22.5 Å². The summed E-state index contributed by atoms with van der Waals surface area (Å²) >= 11 is 0. The third-order valence-electron chi connectivity index (χ3n) is 4.08. The topological polar surface area (TPSA) is 88.6 Å². The third kappa shape index (κ3) is 3.79. The Kier molecular flexibility index (Phi) is 4.58. The number of carbonyl (C=O) groups is 1. The van der Waals surface area contributed by atoms with Gasteiger partial charge in [0.25, 0.3) is 5.91 Å². The lowest BCUT2D eigenvalue weighted by atomic mass is 10.2. The van der Waals surface area contributed by atoms with Gasteiger partial charge in [-0.05, 0) is 36.8 Å². The first-order chi connectivity index (χ1) is 12.2. The van der Waals surface area contributed by atoms with Crippen molar-refractivity contribution >= 4 is 17.5 Å². The van der Waals surface area contributed by atoms with E-state index < -0.39 is 28.5 Å². The second-order valence-corrected chi connectivity index (χ2v) is 5.84. The zero-order chi connectivity index (χ0) is 18.9. The summed E-state index contributed by atoms with van der Waals surface area (Å²) in [4.78, 5) is 23.8. The molecular weight excluding hydrogens is 355 g/mol. The van der Waals surface area contributed by atoms with Crippen molar-refractivity contribution in [2.24, 2.45) is 0 Å². The SMILES string of the molecule is O=C(N[C@@H]1CCN(c2ccc(C(F)(F)F)cc2)C1)c1ccc([N+](=O)[O-])o1. The summed E-state index contributed by atoms with van der Waals surface area (Å²) in [6, 6.07) is 6.89. The van der Waals surface area contributed by atoms with Gasteiger partial charge in [0.15, 0.2) is 5.76 Å². The molecule has 1 aliphatic heterocycles. The van der Waals surface area contributed by atoms with E-state index in [1.54, 1.807) is 0 Å². The Bertz CT molecular complexity index is 817. The highest BCUT2D eigenvalue weighted by Gasteiger charge is 2.31. The number of rotatable bonds is 4. The van der Waals surface area contributed by atoms with Crippen LogP contribution in [0.4, 0.5) is 24.7 Å². The molecule has 0 unspecified atom stereocenters. The summed E-state index contributed by atoms with van der Waals surface area (Å²) in [5.41, 5.74) is -0.0897. The van der Waals surface area contributed by atoms with Gasteiger partial charge >= 0.3 is 12.1 Å². The predicted molar refractivity (Wildman–Crippen MR) is 84.9 cm³/mol. The number of furan rings is 1. The molecule has 7 nitrogen and oxygen atoms in total. The molecule has 1 aromatic carbocycles. The number of nitro groups is 1. The minimum atomic E-state index is -4.38. The molecule has 0 saturated carbocycles. The fraction of sp³-hybridized carbons (Fsp3) is 0.312. The second-order valence-electron chi connectivity index (χ2n) is 5.84. The summed E-state index contributed by atoms with van der Waals surface area (Å²) < 4.78 is 42.7. The smallest absolute Gasteiger partial charge is 0.395 e. The molecule has 26 heavy (non-hydrogen) atoms. The average Bonchev–Trinajstić information content (AvgIpc) is 3.23. The molecular formula is C16H14F3N3O4. The highest BCUT2D eigenvalue weighted by atomic mass is 19.4. The minimum absolute atomic E-state index is 0.162. The zero-order valence-electron chi connectivity index (χ0n) is 13.3. The van der Waals surface area contributed by atoms with Gasteiger partial charge in [-0.1, -0.05) is 0 Å². The quantitative estimate of drug-likeness (QED) is 0.660. The third-order valence-corrected chi connectivity index (χ3v) is 4.08. The molecule has 1 atom stereocenters. The maximum Gasteiger partial charge on any atom is 0.433 e. The van der Waals surface area contributed by atoms with Gasteiger partial charge in [-0.2, -0.15) is 13.2 Å². The maximum absolute atomic E-state index is 12.6. The maximum atomic E-state index is 12.6. The van der Waals surface area contributed by atoms with E-state index in [9.17, 15) is 28.1 Å². The molecule has 1 amide bonds. The number of alkyl halides is 3. The molecule has 0 bridgehead atoms. The fourth-order valence-corrected chi connectivity index (χ4v) is 2.78. The van der Waals surface area contributed by atoms with Gasteiger partial charge in [0, 0.05) is 24.8 Å². The fourth-order valence-electron chi connectivity index (χ4n) is 2.78. The van der Waals surface area contributed by atoms with Crippen LogP contribution in [0.15, 0.2) is 40.8 Å². The van der Waals surface area contributed by atoms with Crippen LogP contribution in [0.25, 0.3) is 0 Å². The number of nitrogens with one attached hydrogen (secondary N) is 1. The number of hydrogen-bond donors (Lipinski definition) is 1. The first kappa shape index (κ1) is 17.8. The van der Waals surface area contributed by atoms with Crippen molar-refractivity contribution in [2.45, 2.75) is 18.6 Å². The number of amides is 1. The molecule has 10 heteroatoms. The van der Waals surface area contributed by atoms with Gasteiger partial charge in [-0.25, -0.2) is 0 Å². The van der Waals surface area contributed by atoms with Crippen molar-refractivity contribution in [3.63, 3.8) is 0 Å². The van der Waals surface area contributed by atoms with Crippen molar-refractivity contribution in [2.75, 3.05) is 18.0 Å². The van der Waals surface area contributed by atoms with Crippen LogP contribution in [0.3, 0.4) is 0 Å². The Balaban J connectivity index is 1.59. The van der Waals surface area contributed by atoms with Gasteiger partial charge in [-0.15, -0.1) is 0 Å².